The zero-order valence-electron chi connectivity index (χ0n) is 13.5. The first kappa shape index (κ1) is 15.8. The normalized spacial score (nSPS) is 20.1. The number of rotatable bonds is 5. The molecule has 4 nitrogen and oxygen atoms in total. The van der Waals surface area contributed by atoms with Crippen LogP contribution in [-0.4, -0.2) is 30.6 Å². The molecule has 2 heterocycles. The number of esters is 1. The van der Waals surface area contributed by atoms with Crippen LogP contribution in [0.1, 0.15) is 36.3 Å². The Hall–Kier alpha value is -2.07. The molecule has 122 valence electrons. The third-order valence-electron chi connectivity index (χ3n) is 4.63. The lowest BCUT2D eigenvalue weighted by Gasteiger charge is -2.39. The number of likely N-dealkylation sites (tertiary alicyclic amines) is 1. The Morgan fingerprint density at radius 1 is 1.30 bits per heavy atom. The van der Waals surface area contributed by atoms with Crippen LogP contribution >= 0.6 is 0 Å². The lowest BCUT2D eigenvalue weighted by atomic mass is 9.85. The summed E-state index contributed by atoms with van der Waals surface area (Å²) in [6.07, 6.45) is 6.79. The predicted molar refractivity (Wildman–Crippen MR) is 88.0 cm³/mol. The van der Waals surface area contributed by atoms with Gasteiger partial charge in [0.1, 0.15) is 0 Å². The second kappa shape index (κ2) is 7.47. The monoisotopic (exact) mass is 313 g/mol. The third kappa shape index (κ3) is 3.64. The number of hydrogen-bond donors (Lipinski definition) is 0. The molecule has 1 saturated heterocycles. The molecule has 0 N–H and O–H groups in total. The number of furan rings is 1. The number of carbonyl (C=O) groups is 1. The summed E-state index contributed by atoms with van der Waals surface area (Å²) < 4.78 is 10.3. The first-order chi connectivity index (χ1) is 11.3. The lowest BCUT2D eigenvalue weighted by molar-refractivity contribution is -0.144. The molecule has 2 atom stereocenters. The second-order valence-corrected chi connectivity index (χ2v) is 6.08. The predicted octanol–water partition coefficient (Wildman–Crippen LogP) is 3.59. The maximum atomic E-state index is 12.5. The van der Waals surface area contributed by atoms with Crippen LogP contribution in [0.2, 0.25) is 0 Å². The van der Waals surface area contributed by atoms with Crippen LogP contribution in [0.5, 0.6) is 0 Å². The van der Waals surface area contributed by atoms with Crippen molar-refractivity contribution >= 4 is 5.97 Å². The van der Waals surface area contributed by atoms with Crippen LogP contribution in [0.3, 0.4) is 0 Å². The van der Waals surface area contributed by atoms with Crippen molar-refractivity contribution in [2.24, 2.45) is 0 Å². The van der Waals surface area contributed by atoms with Gasteiger partial charge in [0.15, 0.2) is 0 Å². The van der Waals surface area contributed by atoms with E-state index in [0.717, 1.165) is 43.5 Å². The Morgan fingerprint density at radius 2 is 2.13 bits per heavy atom. The van der Waals surface area contributed by atoms with Gasteiger partial charge in [-0.1, -0.05) is 36.8 Å². The molecule has 0 radical (unpaired) electrons. The van der Waals surface area contributed by atoms with Crippen LogP contribution in [-0.2, 0) is 16.1 Å². The highest BCUT2D eigenvalue weighted by molar-refractivity contribution is 5.79. The average molecular weight is 313 g/mol. The van der Waals surface area contributed by atoms with Crippen LogP contribution in [0.4, 0.5) is 0 Å². The van der Waals surface area contributed by atoms with Gasteiger partial charge in [0.05, 0.1) is 25.6 Å². The van der Waals surface area contributed by atoms with Crippen molar-refractivity contribution in [3.8, 4) is 0 Å². The van der Waals surface area contributed by atoms with E-state index in [1.54, 1.807) is 12.5 Å². The highest BCUT2D eigenvalue weighted by atomic mass is 16.5. The fraction of sp³-hybridized carbons (Fsp3) is 0.421. The van der Waals surface area contributed by atoms with E-state index in [1.807, 2.05) is 36.4 Å². The highest BCUT2D eigenvalue weighted by Crippen LogP contribution is 2.32. The molecule has 1 aromatic heterocycles. The molecule has 0 amide bonds. The second-order valence-electron chi connectivity index (χ2n) is 6.08. The Balaban J connectivity index is 1.87. The minimum atomic E-state index is -0.242. The number of carbonyl (C=O) groups excluding carboxylic acids is 1. The largest absolute Gasteiger partial charge is 0.472 e. The smallest absolute Gasteiger partial charge is 0.314 e. The fourth-order valence-corrected chi connectivity index (χ4v) is 3.51. The molecule has 0 bridgehead atoms. The van der Waals surface area contributed by atoms with E-state index in [-0.39, 0.29) is 17.9 Å². The highest BCUT2D eigenvalue weighted by Gasteiger charge is 2.36. The van der Waals surface area contributed by atoms with Crippen molar-refractivity contribution in [3.63, 3.8) is 0 Å². The quantitative estimate of drug-likeness (QED) is 0.791. The minimum absolute atomic E-state index is 0.153. The van der Waals surface area contributed by atoms with Crippen LogP contribution in [0.25, 0.3) is 0 Å². The third-order valence-corrected chi connectivity index (χ3v) is 4.63. The molecule has 2 unspecified atom stereocenters. The van der Waals surface area contributed by atoms with E-state index < -0.39 is 0 Å². The van der Waals surface area contributed by atoms with E-state index in [1.165, 1.54) is 7.11 Å². The number of ether oxygens (including phenoxy) is 1. The van der Waals surface area contributed by atoms with E-state index in [0.29, 0.717) is 0 Å². The van der Waals surface area contributed by atoms with Gasteiger partial charge in [-0.2, -0.15) is 0 Å². The summed E-state index contributed by atoms with van der Waals surface area (Å²) >= 11 is 0. The van der Waals surface area contributed by atoms with Gasteiger partial charge in [0.2, 0.25) is 0 Å². The molecule has 1 aliphatic rings. The number of nitrogens with zero attached hydrogens (tertiary/aromatic N) is 1. The van der Waals surface area contributed by atoms with Crippen molar-refractivity contribution in [1.29, 1.82) is 0 Å². The van der Waals surface area contributed by atoms with Gasteiger partial charge in [0.25, 0.3) is 0 Å². The number of piperidine rings is 1. The molecule has 2 aromatic rings. The zero-order chi connectivity index (χ0) is 16.1. The number of methoxy groups -OCH3 is 1. The molecule has 1 aromatic carbocycles. The van der Waals surface area contributed by atoms with E-state index in [9.17, 15) is 4.79 Å². The number of benzene rings is 1. The van der Waals surface area contributed by atoms with Gasteiger partial charge in [-0.25, -0.2) is 0 Å². The molecular weight excluding hydrogens is 290 g/mol. The van der Waals surface area contributed by atoms with E-state index in [4.69, 9.17) is 9.15 Å². The van der Waals surface area contributed by atoms with Crippen molar-refractivity contribution < 1.29 is 13.9 Å². The Morgan fingerprint density at radius 3 is 2.83 bits per heavy atom. The topological polar surface area (TPSA) is 42.7 Å². The molecule has 23 heavy (non-hydrogen) atoms. The van der Waals surface area contributed by atoms with Crippen molar-refractivity contribution in [2.75, 3.05) is 13.7 Å². The Labute approximate surface area is 137 Å². The molecule has 3 rings (SSSR count). The summed E-state index contributed by atoms with van der Waals surface area (Å²) in [7, 11) is 1.47. The summed E-state index contributed by atoms with van der Waals surface area (Å²) in [6, 6.07) is 12.1. The Kier molecular flexibility index (Phi) is 5.13. The molecule has 0 spiro atoms. The van der Waals surface area contributed by atoms with Gasteiger partial charge in [-0.15, -0.1) is 0 Å². The Bertz CT molecular complexity index is 609. The van der Waals surface area contributed by atoms with Gasteiger partial charge in [0, 0.05) is 18.2 Å². The average Bonchev–Trinajstić information content (AvgIpc) is 3.10. The maximum absolute atomic E-state index is 12.5. The molecule has 4 heteroatoms. The molecule has 1 aliphatic heterocycles. The van der Waals surface area contributed by atoms with E-state index >= 15 is 0 Å². The summed E-state index contributed by atoms with van der Waals surface area (Å²) in [5, 5.41) is 0. The fourth-order valence-electron chi connectivity index (χ4n) is 3.51. The molecule has 0 aliphatic carbocycles. The van der Waals surface area contributed by atoms with Crippen LogP contribution in [0.15, 0.2) is 53.3 Å². The SMILES string of the molecule is COC(=O)C(c1ccccc1)C1CCCCN1Cc1ccoc1. The van der Waals surface area contributed by atoms with Gasteiger partial charge in [-0.05, 0) is 31.0 Å². The lowest BCUT2D eigenvalue weighted by Crippen LogP contribution is -2.45. The van der Waals surface area contributed by atoms with Crippen molar-refractivity contribution in [2.45, 2.75) is 37.8 Å². The standard InChI is InChI=1S/C19H23NO3/c1-22-19(21)18(16-7-3-2-4-8-16)17-9-5-6-11-20(17)13-15-10-12-23-14-15/h2-4,7-8,10,12,14,17-18H,5-6,9,11,13H2,1H3. The summed E-state index contributed by atoms with van der Waals surface area (Å²) in [5.74, 6) is -0.395. The molecule has 0 saturated carbocycles. The van der Waals surface area contributed by atoms with Crippen LogP contribution < -0.4 is 0 Å². The minimum Gasteiger partial charge on any atom is -0.472 e. The molecular formula is C19H23NO3. The number of hydrogen-bond acceptors (Lipinski definition) is 4. The van der Waals surface area contributed by atoms with E-state index in [2.05, 4.69) is 4.90 Å². The first-order valence-electron chi connectivity index (χ1n) is 8.17. The first-order valence-corrected chi connectivity index (χ1v) is 8.17. The van der Waals surface area contributed by atoms with Gasteiger partial charge >= 0.3 is 5.97 Å². The summed E-state index contributed by atoms with van der Waals surface area (Å²) in [5.41, 5.74) is 2.18. The summed E-state index contributed by atoms with van der Waals surface area (Å²) in [6.45, 7) is 1.80. The van der Waals surface area contributed by atoms with Crippen LogP contribution in [0, 0.1) is 0 Å². The van der Waals surface area contributed by atoms with Crippen molar-refractivity contribution in [1.82, 2.24) is 4.90 Å². The zero-order valence-corrected chi connectivity index (χ0v) is 13.5. The van der Waals surface area contributed by atoms with Crippen molar-refractivity contribution in [3.05, 3.63) is 60.1 Å². The summed E-state index contributed by atoms with van der Waals surface area (Å²) in [4.78, 5) is 14.9. The van der Waals surface area contributed by atoms with Gasteiger partial charge < -0.3 is 9.15 Å². The maximum Gasteiger partial charge on any atom is 0.314 e. The van der Waals surface area contributed by atoms with Gasteiger partial charge in [-0.3, -0.25) is 9.69 Å². The molecule has 1 fully saturated rings.